The average Bonchev–Trinajstić information content (AvgIpc) is 1.66. The Hall–Kier alpha value is 1.90. The molecule has 0 fully saturated rings. The van der Waals surface area contributed by atoms with Crippen LogP contribution in [-0.2, 0) is 15.2 Å². The molecule has 0 bridgehead atoms. The van der Waals surface area contributed by atoms with Crippen LogP contribution in [0.15, 0.2) is 0 Å². The van der Waals surface area contributed by atoms with Gasteiger partial charge in [-0.25, -0.2) is 8.42 Å². The quantitative estimate of drug-likeness (QED) is 0.351. The average molecular weight is 196 g/mol. The van der Waals surface area contributed by atoms with Crippen LogP contribution in [0.25, 0.3) is 0 Å². The summed E-state index contributed by atoms with van der Waals surface area (Å²) in [7, 11) is -2.65. The van der Waals surface area contributed by atoms with E-state index in [-0.39, 0.29) is 58.0 Å². The molecule has 0 heterocycles. The molecule has 0 unspecified atom stereocenters. The van der Waals surface area contributed by atoms with Crippen LogP contribution in [0.4, 0.5) is 0 Å². The molecular weight excluding hydrogens is 187 g/mol. The zero-order valence-corrected chi connectivity index (χ0v) is 6.03. The molecule has 0 aromatic heterocycles. The van der Waals surface area contributed by atoms with E-state index in [4.69, 9.17) is 0 Å². The van der Waals surface area contributed by atoms with Gasteiger partial charge in [0.25, 0.3) is 11.0 Å². The van der Waals surface area contributed by atoms with Gasteiger partial charge in [-0.3, -0.25) is 4.18 Å². The predicted octanol–water partition coefficient (Wildman–Crippen LogP) is -0.799. The first kappa shape index (κ1) is 13.5. The Morgan fingerprint density at radius 1 is 1.44 bits per heavy atom. The van der Waals surface area contributed by atoms with Crippen molar-refractivity contribution in [2.24, 2.45) is 0 Å². The molecule has 0 rings (SSSR count). The Bertz CT molecular complexity index is 106. The summed E-state index contributed by atoms with van der Waals surface area (Å²) in [6.45, 7) is 0.252. The van der Waals surface area contributed by atoms with Gasteiger partial charge in [-0.1, -0.05) is 0 Å². The second kappa shape index (κ2) is 9.90. The summed E-state index contributed by atoms with van der Waals surface area (Å²) in [6, 6.07) is 0. The Balaban J connectivity index is 0. The molecule has 0 radical (unpaired) electrons. The fourth-order valence-corrected chi connectivity index (χ4v) is 0.611. The van der Waals surface area contributed by atoms with E-state index in [0.717, 1.165) is 0 Å². The van der Waals surface area contributed by atoms with Gasteiger partial charge in [-0.05, 0) is 12.2 Å². The van der Waals surface area contributed by atoms with Crippen molar-refractivity contribution in [3.8, 4) is 0 Å². The van der Waals surface area contributed by atoms with Gasteiger partial charge >= 0.3 is 51.4 Å². The summed E-state index contributed by atoms with van der Waals surface area (Å²) in [5, 5.41) is 0. The van der Waals surface area contributed by atoms with Crippen LogP contribution in [0.3, 0.4) is 0 Å². The van der Waals surface area contributed by atoms with Gasteiger partial charge in [0.1, 0.15) is 0 Å². The molecular formula is C3H9KO3S2. The summed E-state index contributed by atoms with van der Waals surface area (Å²) in [4.78, 5) is 0. The first-order valence-electron chi connectivity index (χ1n) is 2.15. The Morgan fingerprint density at radius 3 is 2.33 bits per heavy atom. The molecule has 6 heteroatoms. The summed E-state index contributed by atoms with van der Waals surface area (Å²) in [6.07, 6.45) is 0.673. The van der Waals surface area contributed by atoms with Crippen LogP contribution in [0, 0.1) is 0 Å². The first-order chi connectivity index (χ1) is 3.77. The second-order valence-corrected chi connectivity index (χ2v) is 2.29. The number of hydrogen-bond acceptors (Lipinski definition) is 4. The molecule has 0 saturated heterocycles. The molecule has 3 nitrogen and oxygen atoms in total. The molecule has 0 aliphatic carbocycles. The minimum absolute atomic E-state index is 0. The van der Waals surface area contributed by atoms with Gasteiger partial charge in [-0.2, -0.15) is 12.6 Å². The Labute approximate surface area is 105 Å². The molecule has 0 aromatic carbocycles. The van der Waals surface area contributed by atoms with Crippen molar-refractivity contribution in [2.45, 2.75) is 6.42 Å². The molecule has 0 spiro atoms. The molecule has 0 saturated carbocycles. The van der Waals surface area contributed by atoms with Crippen molar-refractivity contribution in [3.63, 3.8) is 0 Å². The van der Waals surface area contributed by atoms with Gasteiger partial charge < -0.3 is 0 Å². The third-order valence-electron chi connectivity index (χ3n) is 0.499. The van der Waals surface area contributed by atoms with Gasteiger partial charge in [-0.15, -0.1) is 0 Å². The summed E-state index contributed by atoms with van der Waals surface area (Å²) >= 11 is 3.85. The van der Waals surface area contributed by atoms with Crippen LogP contribution in [0.1, 0.15) is 6.42 Å². The van der Waals surface area contributed by atoms with Crippen LogP contribution in [0.2, 0.25) is 0 Å². The van der Waals surface area contributed by atoms with E-state index in [0.29, 0.717) is 12.2 Å². The number of hydrogen-bond donors (Lipinski definition) is 2. The normalized spacial score (nSPS) is 9.11. The van der Waals surface area contributed by atoms with E-state index in [1.165, 1.54) is 0 Å². The minimum atomic E-state index is -2.65. The summed E-state index contributed by atoms with van der Waals surface area (Å²) in [5.41, 5.74) is 0. The standard InChI is InChI=1S/C3H8O3S2.K.H/c4-8(5)6-2-1-3-7;;/h7-8H,1-3H2;;. The molecule has 52 valence electrons. The van der Waals surface area contributed by atoms with Crippen LogP contribution < -0.4 is 0 Å². The van der Waals surface area contributed by atoms with E-state index >= 15 is 0 Å². The monoisotopic (exact) mass is 196 g/mol. The topological polar surface area (TPSA) is 43.4 Å². The first-order valence-corrected chi connectivity index (χ1v) is 3.88. The van der Waals surface area contributed by atoms with Crippen LogP contribution in [0.5, 0.6) is 0 Å². The van der Waals surface area contributed by atoms with Gasteiger partial charge in [0, 0.05) is 0 Å². The van der Waals surface area contributed by atoms with E-state index < -0.39 is 11.0 Å². The fourth-order valence-electron chi connectivity index (χ4n) is 0.204. The molecule has 9 heavy (non-hydrogen) atoms. The summed E-state index contributed by atoms with van der Waals surface area (Å²) in [5.74, 6) is 0.656. The molecule has 0 amide bonds. The Kier molecular flexibility index (Phi) is 14.8. The zero-order valence-electron chi connectivity index (χ0n) is 4.24. The second-order valence-electron chi connectivity index (χ2n) is 1.13. The van der Waals surface area contributed by atoms with Crippen LogP contribution >= 0.6 is 12.6 Å². The molecule has 0 aliphatic rings. The Morgan fingerprint density at radius 2 is 2.00 bits per heavy atom. The number of thiol groups is 2. The maximum atomic E-state index is 9.66. The van der Waals surface area contributed by atoms with Crippen molar-refractivity contribution in [1.82, 2.24) is 0 Å². The van der Waals surface area contributed by atoms with Gasteiger partial charge in [0.2, 0.25) is 0 Å². The zero-order chi connectivity index (χ0) is 6.41. The third-order valence-corrected chi connectivity index (χ3v) is 1.21. The SMILES string of the molecule is O=[SH](=O)OCCCS.[KH]. The predicted molar refractivity (Wildman–Crippen MR) is 41.9 cm³/mol. The maximum absolute atomic E-state index is 9.66. The summed E-state index contributed by atoms with van der Waals surface area (Å²) < 4.78 is 23.5. The van der Waals surface area contributed by atoms with Crippen molar-refractivity contribution >= 4 is 75.0 Å². The van der Waals surface area contributed by atoms with E-state index in [9.17, 15) is 8.42 Å². The van der Waals surface area contributed by atoms with Crippen molar-refractivity contribution in [1.29, 1.82) is 0 Å². The van der Waals surface area contributed by atoms with Gasteiger partial charge in [0.15, 0.2) is 0 Å². The molecule has 0 aliphatic heterocycles. The third kappa shape index (κ3) is 13.0. The molecule has 0 aromatic rings. The van der Waals surface area contributed by atoms with Gasteiger partial charge in [0.05, 0.1) is 6.61 Å². The van der Waals surface area contributed by atoms with Crippen molar-refractivity contribution < 1.29 is 12.6 Å². The fraction of sp³-hybridized carbons (Fsp3) is 1.00. The van der Waals surface area contributed by atoms with E-state index in [1.54, 1.807) is 0 Å². The van der Waals surface area contributed by atoms with E-state index in [1.807, 2.05) is 0 Å². The van der Waals surface area contributed by atoms with Crippen molar-refractivity contribution in [2.75, 3.05) is 12.4 Å². The molecule has 0 atom stereocenters. The van der Waals surface area contributed by atoms with E-state index in [2.05, 4.69) is 16.8 Å². The molecule has 0 N–H and O–H groups in total. The van der Waals surface area contributed by atoms with Crippen molar-refractivity contribution in [3.05, 3.63) is 0 Å². The van der Waals surface area contributed by atoms with Crippen LogP contribution in [-0.4, -0.2) is 72.2 Å². The number of rotatable bonds is 4.